The summed E-state index contributed by atoms with van der Waals surface area (Å²) in [5, 5.41) is 0. The van der Waals surface area contributed by atoms with E-state index in [1.165, 1.54) is 6.92 Å². The molecule has 0 bridgehead atoms. The molecule has 0 N–H and O–H groups in total. The molecule has 1 aliphatic rings. The van der Waals surface area contributed by atoms with Gasteiger partial charge in [0.15, 0.2) is 5.78 Å². The molecule has 0 fully saturated rings. The second-order valence-corrected chi connectivity index (χ2v) is 3.55. The molecule has 15 heavy (non-hydrogen) atoms. The average molecular weight is 197 g/mol. The number of aryl methyl sites for hydroxylation is 1. The minimum Gasteiger partial charge on any atom is -0.293 e. The smallest absolute Gasteiger partial charge is 0.178 e. The van der Waals surface area contributed by atoms with Gasteiger partial charge in [-0.05, 0) is 24.6 Å². The molecule has 1 aliphatic carbocycles. The Morgan fingerprint density at radius 1 is 1.53 bits per heavy atom. The van der Waals surface area contributed by atoms with Crippen LogP contribution in [0.1, 0.15) is 40.7 Å². The first-order valence-electron chi connectivity index (χ1n) is 4.86. The number of pyridine rings is 1. The Morgan fingerprint density at radius 3 is 3.07 bits per heavy atom. The molecular formula is C13H11NO. The molecule has 1 heterocycles. The molecule has 74 valence electrons. The number of allylic oxidation sites excluding steroid dienone is 1. The van der Waals surface area contributed by atoms with Crippen LogP contribution >= 0.6 is 0 Å². The molecule has 0 atom stereocenters. The van der Waals surface area contributed by atoms with Crippen LogP contribution in [0, 0.1) is 18.8 Å². The number of nitrogens with zero attached hydrogens (tertiary/aromatic N) is 1. The van der Waals surface area contributed by atoms with Crippen LogP contribution in [-0.2, 0) is 0 Å². The summed E-state index contributed by atoms with van der Waals surface area (Å²) in [6.45, 7) is 3.49. The van der Waals surface area contributed by atoms with Gasteiger partial charge in [-0.2, -0.15) is 0 Å². The standard InChI is InChI=1S/C13H11NO/c1-9-8-13(10(2)15)14-12-7-5-3-4-6-11(9)12/h5,7-8H,3H2,1-2H3. The summed E-state index contributed by atoms with van der Waals surface area (Å²) in [7, 11) is 0. The maximum Gasteiger partial charge on any atom is 0.178 e. The van der Waals surface area contributed by atoms with Crippen LogP contribution in [0.5, 0.6) is 0 Å². The largest absolute Gasteiger partial charge is 0.293 e. The molecule has 2 nitrogen and oxygen atoms in total. The molecular weight excluding hydrogens is 186 g/mol. The average Bonchev–Trinajstić information content (AvgIpc) is 2.42. The summed E-state index contributed by atoms with van der Waals surface area (Å²) in [4.78, 5) is 15.5. The summed E-state index contributed by atoms with van der Waals surface area (Å²) in [5.74, 6) is 6.10. The molecule has 0 aromatic carbocycles. The van der Waals surface area contributed by atoms with Crippen molar-refractivity contribution in [3.63, 3.8) is 0 Å². The highest BCUT2D eigenvalue weighted by atomic mass is 16.1. The van der Waals surface area contributed by atoms with E-state index in [-0.39, 0.29) is 5.78 Å². The number of carbonyl (C=O) groups excluding carboxylic acids is 1. The van der Waals surface area contributed by atoms with E-state index in [2.05, 4.69) is 16.8 Å². The minimum absolute atomic E-state index is 0.00786. The van der Waals surface area contributed by atoms with Crippen molar-refractivity contribution in [2.75, 3.05) is 0 Å². The zero-order valence-electron chi connectivity index (χ0n) is 8.79. The lowest BCUT2D eigenvalue weighted by atomic mass is 10.1. The monoisotopic (exact) mass is 197 g/mol. The van der Waals surface area contributed by atoms with Crippen LogP contribution in [0.2, 0.25) is 0 Å². The van der Waals surface area contributed by atoms with E-state index in [4.69, 9.17) is 0 Å². The van der Waals surface area contributed by atoms with Crippen molar-refractivity contribution in [3.8, 4) is 11.8 Å². The van der Waals surface area contributed by atoms with Crippen LogP contribution in [0.4, 0.5) is 0 Å². The lowest BCUT2D eigenvalue weighted by Gasteiger charge is -2.04. The molecule has 1 aromatic heterocycles. The maximum atomic E-state index is 11.2. The van der Waals surface area contributed by atoms with Gasteiger partial charge in [0, 0.05) is 13.3 Å². The predicted octanol–water partition coefficient (Wildman–Crippen LogP) is 2.36. The molecule has 0 unspecified atom stereocenters. The van der Waals surface area contributed by atoms with Gasteiger partial charge in [-0.25, -0.2) is 4.98 Å². The fourth-order valence-corrected chi connectivity index (χ4v) is 1.53. The Balaban J connectivity index is 2.67. The van der Waals surface area contributed by atoms with E-state index in [1.807, 2.05) is 19.1 Å². The fourth-order valence-electron chi connectivity index (χ4n) is 1.53. The molecule has 2 rings (SSSR count). The van der Waals surface area contributed by atoms with Crippen molar-refractivity contribution in [1.82, 2.24) is 4.98 Å². The van der Waals surface area contributed by atoms with Gasteiger partial charge in [-0.1, -0.05) is 17.9 Å². The van der Waals surface area contributed by atoms with Gasteiger partial charge in [-0.3, -0.25) is 4.79 Å². The predicted molar refractivity (Wildman–Crippen MR) is 59.5 cm³/mol. The topological polar surface area (TPSA) is 30.0 Å². The highest BCUT2D eigenvalue weighted by molar-refractivity contribution is 5.92. The lowest BCUT2D eigenvalue weighted by molar-refractivity contribution is 0.101. The van der Waals surface area contributed by atoms with Crippen molar-refractivity contribution >= 4 is 11.9 Å². The molecule has 0 spiro atoms. The Kier molecular flexibility index (Phi) is 2.39. The van der Waals surface area contributed by atoms with E-state index < -0.39 is 0 Å². The van der Waals surface area contributed by atoms with Crippen molar-refractivity contribution in [1.29, 1.82) is 0 Å². The number of fused-ring (bicyclic) bond motifs is 1. The third-order valence-electron chi connectivity index (χ3n) is 2.31. The SMILES string of the molecule is CC(=O)c1cc(C)c2c(n1)C=CCC#C2. The Labute approximate surface area is 89.0 Å². The highest BCUT2D eigenvalue weighted by Gasteiger charge is 2.09. The van der Waals surface area contributed by atoms with Crippen LogP contribution in [0.3, 0.4) is 0 Å². The number of hydrogen-bond donors (Lipinski definition) is 0. The Bertz CT molecular complexity index is 515. The third kappa shape index (κ3) is 1.82. The first-order valence-corrected chi connectivity index (χ1v) is 4.86. The second-order valence-electron chi connectivity index (χ2n) is 3.55. The summed E-state index contributed by atoms with van der Waals surface area (Å²) >= 11 is 0. The number of rotatable bonds is 1. The number of carbonyl (C=O) groups is 1. The van der Waals surface area contributed by atoms with Crippen molar-refractivity contribution in [3.05, 3.63) is 34.7 Å². The first kappa shape index (κ1) is 9.67. The van der Waals surface area contributed by atoms with E-state index in [1.54, 1.807) is 6.07 Å². The zero-order chi connectivity index (χ0) is 10.8. The van der Waals surface area contributed by atoms with Crippen molar-refractivity contribution < 1.29 is 4.79 Å². The Morgan fingerprint density at radius 2 is 2.33 bits per heavy atom. The van der Waals surface area contributed by atoms with Crippen molar-refractivity contribution in [2.45, 2.75) is 20.3 Å². The molecule has 0 saturated heterocycles. The number of ketones is 1. The summed E-state index contributed by atoms with van der Waals surface area (Å²) in [6, 6.07) is 1.80. The van der Waals surface area contributed by atoms with Gasteiger partial charge in [-0.15, -0.1) is 0 Å². The number of hydrogen-bond acceptors (Lipinski definition) is 2. The summed E-state index contributed by atoms with van der Waals surface area (Å²) in [6.07, 6.45) is 4.63. The van der Waals surface area contributed by atoms with Crippen LogP contribution in [-0.4, -0.2) is 10.8 Å². The zero-order valence-corrected chi connectivity index (χ0v) is 8.79. The summed E-state index contributed by atoms with van der Waals surface area (Å²) < 4.78 is 0. The first-order chi connectivity index (χ1) is 7.18. The third-order valence-corrected chi connectivity index (χ3v) is 2.31. The molecule has 0 aliphatic heterocycles. The van der Waals surface area contributed by atoms with Crippen LogP contribution < -0.4 is 0 Å². The van der Waals surface area contributed by atoms with Gasteiger partial charge in [0.1, 0.15) is 5.69 Å². The quantitative estimate of drug-likeness (QED) is 0.511. The van der Waals surface area contributed by atoms with Crippen molar-refractivity contribution in [2.24, 2.45) is 0 Å². The Hall–Kier alpha value is -1.88. The highest BCUT2D eigenvalue weighted by Crippen LogP contribution is 2.16. The number of Topliss-reactive ketones (excluding diaryl/α,β-unsaturated/α-hetero) is 1. The van der Waals surface area contributed by atoms with E-state index in [9.17, 15) is 4.79 Å². The summed E-state index contributed by atoms with van der Waals surface area (Å²) in [5.41, 5.74) is 3.28. The minimum atomic E-state index is -0.00786. The van der Waals surface area contributed by atoms with E-state index >= 15 is 0 Å². The fraction of sp³-hybridized carbons (Fsp3) is 0.231. The number of aromatic nitrogens is 1. The van der Waals surface area contributed by atoms with Gasteiger partial charge in [0.2, 0.25) is 0 Å². The molecule has 0 radical (unpaired) electrons. The molecule has 0 amide bonds. The van der Waals surface area contributed by atoms with Crippen LogP contribution in [0.25, 0.3) is 6.08 Å². The van der Waals surface area contributed by atoms with Gasteiger partial charge in [0.05, 0.1) is 11.3 Å². The normalized spacial score (nSPS) is 12.4. The second kappa shape index (κ2) is 3.70. The molecule has 1 aromatic rings. The van der Waals surface area contributed by atoms with Gasteiger partial charge < -0.3 is 0 Å². The molecule has 0 saturated carbocycles. The van der Waals surface area contributed by atoms with Crippen LogP contribution in [0.15, 0.2) is 12.1 Å². The maximum absolute atomic E-state index is 11.2. The van der Waals surface area contributed by atoms with E-state index in [0.717, 1.165) is 23.2 Å². The van der Waals surface area contributed by atoms with Gasteiger partial charge in [0.25, 0.3) is 0 Å². The lowest BCUT2D eigenvalue weighted by Crippen LogP contribution is -2.02. The molecule has 2 heteroatoms. The van der Waals surface area contributed by atoms with Gasteiger partial charge >= 0.3 is 0 Å². The van der Waals surface area contributed by atoms with E-state index in [0.29, 0.717) is 5.69 Å².